The number of nitrogens with one attached hydrogen (secondary N) is 2. The number of carbonyl (C=O) groups excluding carboxylic acids is 2. The minimum atomic E-state index is -0.553. The van der Waals surface area contributed by atoms with Gasteiger partial charge in [-0.2, -0.15) is 0 Å². The lowest BCUT2D eigenvalue weighted by Gasteiger charge is -2.17. The van der Waals surface area contributed by atoms with E-state index in [9.17, 15) is 14.7 Å². The maximum absolute atomic E-state index is 11.6. The van der Waals surface area contributed by atoms with Crippen molar-refractivity contribution in [1.29, 1.82) is 0 Å². The van der Waals surface area contributed by atoms with Crippen molar-refractivity contribution < 1.29 is 14.7 Å². The monoisotopic (exact) mass is 284 g/mol. The highest BCUT2D eigenvalue weighted by atomic mass is 35.5. The van der Waals surface area contributed by atoms with Crippen LogP contribution < -0.4 is 10.6 Å². The van der Waals surface area contributed by atoms with Gasteiger partial charge in [0.05, 0.1) is 12.2 Å². The highest BCUT2D eigenvalue weighted by Crippen LogP contribution is 2.26. The summed E-state index contributed by atoms with van der Waals surface area (Å²) in [4.78, 5) is 23.2. The number of hydrogen-bond acceptors (Lipinski definition) is 3. The fraction of sp³-hybridized carbons (Fsp3) is 0.385. The molecule has 0 aliphatic heterocycles. The number of phenols is 1. The second-order valence-corrected chi connectivity index (χ2v) is 5.58. The number of aromatic hydroxyl groups is 1. The van der Waals surface area contributed by atoms with Crippen molar-refractivity contribution in [1.82, 2.24) is 5.32 Å². The van der Waals surface area contributed by atoms with Crippen molar-refractivity contribution in [2.75, 3.05) is 11.9 Å². The standard InChI is InChI=1S/C13H17ClN2O3/c1-13(2,3)12(19)15-7-11(18)16-9-5-4-8(14)6-10(9)17/h4-6,17H,7H2,1-3H3,(H,15,19)(H,16,18). The van der Waals surface area contributed by atoms with E-state index in [0.717, 1.165) is 0 Å². The molecule has 0 spiro atoms. The predicted octanol–water partition coefficient (Wildman–Crippen LogP) is 2.15. The average Bonchev–Trinajstić information content (AvgIpc) is 2.28. The maximum atomic E-state index is 11.6. The molecule has 104 valence electrons. The zero-order valence-corrected chi connectivity index (χ0v) is 11.8. The van der Waals surface area contributed by atoms with Crippen molar-refractivity contribution in [2.45, 2.75) is 20.8 Å². The van der Waals surface area contributed by atoms with Gasteiger partial charge < -0.3 is 15.7 Å². The van der Waals surface area contributed by atoms with Crippen LogP contribution in [0, 0.1) is 5.41 Å². The molecule has 1 aromatic rings. The molecule has 0 aliphatic rings. The van der Waals surface area contributed by atoms with E-state index in [1.807, 2.05) is 0 Å². The number of rotatable bonds is 3. The molecule has 19 heavy (non-hydrogen) atoms. The second kappa shape index (κ2) is 5.93. The van der Waals surface area contributed by atoms with Crippen LogP contribution in [0.4, 0.5) is 5.69 Å². The largest absolute Gasteiger partial charge is 0.506 e. The molecule has 5 nitrogen and oxygen atoms in total. The van der Waals surface area contributed by atoms with E-state index < -0.39 is 11.3 Å². The lowest BCUT2D eigenvalue weighted by atomic mass is 9.96. The van der Waals surface area contributed by atoms with Crippen LogP contribution in [0.3, 0.4) is 0 Å². The third kappa shape index (κ3) is 4.79. The van der Waals surface area contributed by atoms with Gasteiger partial charge in [0.2, 0.25) is 11.8 Å². The molecule has 0 bridgehead atoms. The van der Waals surface area contributed by atoms with Crippen molar-refractivity contribution in [3.8, 4) is 5.75 Å². The Labute approximate surface area is 117 Å². The summed E-state index contributed by atoms with van der Waals surface area (Å²) in [5.41, 5.74) is -0.303. The molecule has 0 saturated carbocycles. The maximum Gasteiger partial charge on any atom is 0.243 e. The Kier molecular flexibility index (Phi) is 4.78. The quantitative estimate of drug-likeness (QED) is 0.744. The Morgan fingerprint density at radius 1 is 1.32 bits per heavy atom. The van der Waals surface area contributed by atoms with Gasteiger partial charge in [0.15, 0.2) is 0 Å². The summed E-state index contributed by atoms with van der Waals surface area (Å²) in [5, 5.41) is 14.9. The van der Waals surface area contributed by atoms with Gasteiger partial charge in [-0.3, -0.25) is 9.59 Å². The molecule has 0 atom stereocenters. The molecule has 2 amide bonds. The summed E-state index contributed by atoms with van der Waals surface area (Å²) in [6.07, 6.45) is 0. The Morgan fingerprint density at radius 3 is 2.47 bits per heavy atom. The van der Waals surface area contributed by atoms with Crippen LogP contribution in [0.15, 0.2) is 18.2 Å². The molecular weight excluding hydrogens is 268 g/mol. The van der Waals surface area contributed by atoms with Crippen molar-refractivity contribution >= 4 is 29.1 Å². The second-order valence-electron chi connectivity index (χ2n) is 5.14. The van der Waals surface area contributed by atoms with Gasteiger partial charge in [0, 0.05) is 16.5 Å². The number of amides is 2. The summed E-state index contributed by atoms with van der Waals surface area (Å²) in [5.74, 6) is -0.763. The number of carbonyl (C=O) groups is 2. The van der Waals surface area contributed by atoms with Crippen LogP contribution in [-0.2, 0) is 9.59 Å². The molecular formula is C13H17ClN2O3. The smallest absolute Gasteiger partial charge is 0.243 e. The third-order valence-electron chi connectivity index (χ3n) is 2.32. The van der Waals surface area contributed by atoms with Gasteiger partial charge >= 0.3 is 0 Å². The SMILES string of the molecule is CC(C)(C)C(=O)NCC(=O)Nc1ccc(Cl)cc1O. The fourth-order valence-corrected chi connectivity index (χ4v) is 1.40. The fourth-order valence-electron chi connectivity index (χ4n) is 1.23. The van der Waals surface area contributed by atoms with Gasteiger partial charge in [-0.25, -0.2) is 0 Å². The Hall–Kier alpha value is -1.75. The molecule has 6 heteroatoms. The topological polar surface area (TPSA) is 78.4 Å². The lowest BCUT2D eigenvalue weighted by Crippen LogP contribution is -2.39. The van der Waals surface area contributed by atoms with Crippen LogP contribution in [0.5, 0.6) is 5.75 Å². The van der Waals surface area contributed by atoms with Gasteiger partial charge in [0.1, 0.15) is 5.75 Å². The van der Waals surface area contributed by atoms with E-state index in [-0.39, 0.29) is 23.9 Å². The Balaban J connectivity index is 2.54. The molecule has 0 saturated heterocycles. The van der Waals surface area contributed by atoms with Gasteiger partial charge in [-0.1, -0.05) is 32.4 Å². The van der Waals surface area contributed by atoms with Crippen LogP contribution in [0.1, 0.15) is 20.8 Å². The summed E-state index contributed by atoms with van der Waals surface area (Å²) < 4.78 is 0. The highest BCUT2D eigenvalue weighted by molar-refractivity contribution is 6.30. The van der Waals surface area contributed by atoms with E-state index in [1.165, 1.54) is 12.1 Å². The van der Waals surface area contributed by atoms with Gasteiger partial charge in [-0.15, -0.1) is 0 Å². The van der Waals surface area contributed by atoms with E-state index >= 15 is 0 Å². The minimum absolute atomic E-state index is 0.122. The number of anilines is 1. The zero-order chi connectivity index (χ0) is 14.6. The number of benzene rings is 1. The van der Waals surface area contributed by atoms with Crippen molar-refractivity contribution in [3.05, 3.63) is 23.2 Å². The number of phenolic OH excluding ortho intramolecular Hbond substituents is 1. The third-order valence-corrected chi connectivity index (χ3v) is 2.56. The first-order valence-electron chi connectivity index (χ1n) is 5.77. The van der Waals surface area contributed by atoms with Crippen LogP contribution in [0.2, 0.25) is 5.02 Å². The molecule has 0 aliphatic carbocycles. The molecule has 1 aromatic carbocycles. The summed E-state index contributed by atoms with van der Waals surface area (Å²) in [6, 6.07) is 4.36. The molecule has 0 unspecified atom stereocenters. The van der Waals surface area contributed by atoms with Crippen molar-refractivity contribution in [3.63, 3.8) is 0 Å². The minimum Gasteiger partial charge on any atom is -0.506 e. The van der Waals surface area contributed by atoms with Crippen molar-refractivity contribution in [2.24, 2.45) is 5.41 Å². The predicted molar refractivity (Wildman–Crippen MR) is 74.2 cm³/mol. The first-order chi connectivity index (χ1) is 8.70. The summed E-state index contributed by atoms with van der Waals surface area (Å²) >= 11 is 5.68. The number of halogens is 1. The van der Waals surface area contributed by atoms with Crippen LogP contribution in [0.25, 0.3) is 0 Å². The van der Waals surface area contributed by atoms with E-state index in [4.69, 9.17) is 11.6 Å². The van der Waals surface area contributed by atoms with E-state index in [0.29, 0.717) is 5.02 Å². The Bertz CT molecular complexity index is 495. The first-order valence-corrected chi connectivity index (χ1v) is 6.14. The molecule has 3 N–H and O–H groups in total. The first kappa shape index (κ1) is 15.3. The zero-order valence-electron chi connectivity index (χ0n) is 11.1. The molecule has 0 aromatic heterocycles. The average molecular weight is 285 g/mol. The normalized spacial score (nSPS) is 10.9. The summed E-state index contributed by atoms with van der Waals surface area (Å²) in [7, 11) is 0. The number of hydrogen-bond donors (Lipinski definition) is 3. The lowest BCUT2D eigenvalue weighted by molar-refractivity contribution is -0.130. The van der Waals surface area contributed by atoms with E-state index in [2.05, 4.69) is 10.6 Å². The van der Waals surface area contributed by atoms with Crippen LogP contribution >= 0.6 is 11.6 Å². The Morgan fingerprint density at radius 2 is 1.95 bits per heavy atom. The van der Waals surface area contributed by atoms with Crippen LogP contribution in [-0.4, -0.2) is 23.5 Å². The van der Waals surface area contributed by atoms with Gasteiger partial charge in [-0.05, 0) is 12.1 Å². The molecule has 1 rings (SSSR count). The molecule has 0 fully saturated rings. The highest BCUT2D eigenvalue weighted by Gasteiger charge is 2.21. The molecule has 0 heterocycles. The molecule has 0 radical (unpaired) electrons. The van der Waals surface area contributed by atoms with E-state index in [1.54, 1.807) is 26.8 Å². The summed E-state index contributed by atoms with van der Waals surface area (Å²) in [6.45, 7) is 5.11. The van der Waals surface area contributed by atoms with Gasteiger partial charge in [0.25, 0.3) is 0 Å².